The van der Waals surface area contributed by atoms with Crippen molar-refractivity contribution < 1.29 is 13.2 Å². The molecule has 2 amide bonds. The van der Waals surface area contributed by atoms with Gasteiger partial charge in [-0.1, -0.05) is 64.7 Å². The SMILES string of the molecule is Cc1ccc(S(=O)(=O)N2CCC(CNC(=O)N[C]3CCCCCCC3)CC2)cc1.[CH2].[CH2]. The molecule has 1 aliphatic carbocycles. The summed E-state index contributed by atoms with van der Waals surface area (Å²) in [7, 11) is -3.43. The standard InChI is InChI=1S/C22H34N3O3S.2CH2/c1-18-9-11-21(12-10-18)29(27,28)25-15-13-19(14-16-25)17-23-22(26)24-20-7-5-3-2-4-6-8-20;;/h9-12,19H,2-8,13-17H2,1H3,(H2,23,24,26);2*1H2. The molecule has 31 heavy (non-hydrogen) atoms. The van der Waals surface area contributed by atoms with Crippen LogP contribution in [0.2, 0.25) is 0 Å². The van der Waals surface area contributed by atoms with Gasteiger partial charge in [-0.3, -0.25) is 0 Å². The van der Waals surface area contributed by atoms with Crippen molar-refractivity contribution in [3.05, 3.63) is 50.7 Å². The first-order chi connectivity index (χ1) is 13.9. The number of hydrogen-bond donors (Lipinski definition) is 2. The minimum atomic E-state index is -3.43. The number of benzene rings is 1. The lowest BCUT2D eigenvalue weighted by Gasteiger charge is -2.31. The number of rotatable bonds is 5. The highest BCUT2D eigenvalue weighted by molar-refractivity contribution is 7.89. The van der Waals surface area contributed by atoms with E-state index >= 15 is 0 Å². The lowest BCUT2D eigenvalue weighted by atomic mass is 9.97. The zero-order valence-corrected chi connectivity index (χ0v) is 19.7. The van der Waals surface area contributed by atoms with Crippen LogP contribution < -0.4 is 10.6 Å². The van der Waals surface area contributed by atoms with Crippen LogP contribution in [0.5, 0.6) is 0 Å². The highest BCUT2D eigenvalue weighted by Gasteiger charge is 2.29. The molecular formula is C24H38N3O3S. The van der Waals surface area contributed by atoms with Gasteiger partial charge in [0.25, 0.3) is 0 Å². The molecule has 0 unspecified atom stereocenters. The number of amides is 2. The number of hydrogen-bond acceptors (Lipinski definition) is 3. The van der Waals surface area contributed by atoms with Gasteiger partial charge in [0.2, 0.25) is 10.0 Å². The molecule has 1 saturated heterocycles. The van der Waals surface area contributed by atoms with Crippen molar-refractivity contribution in [1.82, 2.24) is 14.9 Å². The quantitative estimate of drug-likeness (QED) is 0.689. The maximum absolute atomic E-state index is 12.8. The average Bonchev–Trinajstić information content (AvgIpc) is 2.69. The molecular weight excluding hydrogens is 410 g/mol. The van der Waals surface area contributed by atoms with Gasteiger partial charge in [-0.05, 0) is 50.7 Å². The summed E-state index contributed by atoms with van der Waals surface area (Å²) < 4.78 is 27.1. The topological polar surface area (TPSA) is 78.5 Å². The molecule has 0 atom stereocenters. The van der Waals surface area contributed by atoms with Crippen LogP contribution in [-0.4, -0.2) is 38.4 Å². The van der Waals surface area contributed by atoms with Crippen LogP contribution in [0, 0.1) is 33.7 Å². The molecule has 1 aliphatic heterocycles. The van der Waals surface area contributed by atoms with E-state index in [1.807, 2.05) is 19.1 Å². The summed E-state index contributed by atoms with van der Waals surface area (Å²) >= 11 is 0. The molecule has 2 fully saturated rings. The maximum Gasteiger partial charge on any atom is 0.315 e. The zero-order chi connectivity index (χ0) is 20.7. The van der Waals surface area contributed by atoms with Crippen LogP contribution in [0.1, 0.15) is 63.4 Å². The van der Waals surface area contributed by atoms with E-state index in [4.69, 9.17) is 0 Å². The fourth-order valence-corrected chi connectivity index (χ4v) is 5.58. The average molecular weight is 449 g/mol. The minimum absolute atomic E-state index is 0. The largest absolute Gasteiger partial charge is 0.338 e. The summed E-state index contributed by atoms with van der Waals surface area (Å²) in [5.74, 6) is 0.313. The van der Waals surface area contributed by atoms with Gasteiger partial charge in [-0.2, -0.15) is 4.31 Å². The van der Waals surface area contributed by atoms with Crippen LogP contribution in [0.15, 0.2) is 29.2 Å². The van der Waals surface area contributed by atoms with Gasteiger partial charge in [-0.25, -0.2) is 13.2 Å². The van der Waals surface area contributed by atoms with E-state index in [9.17, 15) is 13.2 Å². The fraction of sp³-hybridized carbons (Fsp3) is 0.583. The predicted octanol–water partition coefficient (Wildman–Crippen LogP) is 4.63. The molecule has 0 bridgehead atoms. The summed E-state index contributed by atoms with van der Waals surface area (Å²) in [5, 5.41) is 6.03. The Bertz CT molecular complexity index is 749. The second-order valence-corrected chi connectivity index (χ2v) is 10.3. The van der Waals surface area contributed by atoms with Crippen LogP contribution in [0.25, 0.3) is 0 Å². The fourth-order valence-electron chi connectivity index (χ4n) is 4.11. The van der Waals surface area contributed by atoms with E-state index in [0.29, 0.717) is 30.4 Å². The van der Waals surface area contributed by atoms with E-state index in [2.05, 4.69) is 10.6 Å². The molecule has 1 saturated carbocycles. The monoisotopic (exact) mass is 448 g/mol. The summed E-state index contributed by atoms with van der Waals surface area (Å²) in [5.41, 5.74) is 1.05. The van der Waals surface area contributed by atoms with Crippen LogP contribution in [0.4, 0.5) is 4.79 Å². The second kappa shape index (κ2) is 13.1. The smallest absolute Gasteiger partial charge is 0.315 e. The van der Waals surface area contributed by atoms with Crippen molar-refractivity contribution in [3.63, 3.8) is 0 Å². The number of sulfonamides is 1. The van der Waals surface area contributed by atoms with E-state index < -0.39 is 10.0 Å². The third-order valence-electron chi connectivity index (χ3n) is 6.03. The highest BCUT2D eigenvalue weighted by Crippen LogP contribution is 2.24. The Labute approximate surface area is 190 Å². The Morgan fingerprint density at radius 1 is 0.968 bits per heavy atom. The molecule has 0 spiro atoms. The van der Waals surface area contributed by atoms with Gasteiger partial charge in [0.15, 0.2) is 0 Å². The lowest BCUT2D eigenvalue weighted by Crippen LogP contribution is -2.44. The third-order valence-corrected chi connectivity index (χ3v) is 7.94. The van der Waals surface area contributed by atoms with E-state index in [-0.39, 0.29) is 20.9 Å². The van der Waals surface area contributed by atoms with Crippen LogP contribution in [0.3, 0.4) is 0 Å². The lowest BCUT2D eigenvalue weighted by molar-refractivity contribution is 0.230. The molecule has 173 valence electrons. The maximum atomic E-state index is 12.8. The molecule has 7 heteroatoms. The number of urea groups is 1. The van der Waals surface area contributed by atoms with E-state index in [1.165, 1.54) is 19.3 Å². The molecule has 1 heterocycles. The number of aryl methyl sites for hydroxylation is 1. The second-order valence-electron chi connectivity index (χ2n) is 8.37. The van der Waals surface area contributed by atoms with Crippen molar-refractivity contribution in [2.24, 2.45) is 5.92 Å². The molecule has 5 radical (unpaired) electrons. The Morgan fingerprint density at radius 3 is 2.10 bits per heavy atom. The third kappa shape index (κ3) is 8.11. The number of piperidine rings is 1. The number of nitrogens with zero attached hydrogens (tertiary/aromatic N) is 1. The molecule has 1 aromatic rings. The number of carbonyl (C=O) groups excluding carboxylic acids is 1. The van der Waals surface area contributed by atoms with Gasteiger partial charge < -0.3 is 10.6 Å². The van der Waals surface area contributed by atoms with Crippen LogP contribution >= 0.6 is 0 Å². The van der Waals surface area contributed by atoms with Gasteiger partial charge in [-0.15, -0.1) is 0 Å². The molecule has 6 nitrogen and oxygen atoms in total. The first kappa shape index (κ1) is 27.4. The number of carbonyl (C=O) groups is 1. The molecule has 3 rings (SSSR count). The highest BCUT2D eigenvalue weighted by atomic mass is 32.2. The van der Waals surface area contributed by atoms with Crippen molar-refractivity contribution in [1.29, 1.82) is 0 Å². The Balaban J connectivity index is 0.00000240. The first-order valence-corrected chi connectivity index (χ1v) is 12.4. The molecule has 2 aliphatic rings. The summed E-state index contributed by atoms with van der Waals surface area (Å²) in [6, 6.07) is 8.05. The van der Waals surface area contributed by atoms with Crippen LogP contribution in [-0.2, 0) is 10.0 Å². The van der Waals surface area contributed by atoms with Gasteiger partial charge in [0, 0.05) is 19.6 Å². The van der Waals surface area contributed by atoms with Gasteiger partial charge in [0.1, 0.15) is 0 Å². The number of nitrogens with one attached hydrogen (secondary N) is 2. The Morgan fingerprint density at radius 2 is 1.52 bits per heavy atom. The minimum Gasteiger partial charge on any atom is -0.338 e. The van der Waals surface area contributed by atoms with Gasteiger partial charge in [0.05, 0.1) is 10.9 Å². The molecule has 1 aromatic carbocycles. The summed E-state index contributed by atoms with van der Waals surface area (Å²) in [6.45, 7) is 3.54. The predicted molar refractivity (Wildman–Crippen MR) is 125 cm³/mol. The van der Waals surface area contributed by atoms with Crippen molar-refractivity contribution in [2.75, 3.05) is 19.6 Å². The van der Waals surface area contributed by atoms with Crippen molar-refractivity contribution in [3.8, 4) is 0 Å². The van der Waals surface area contributed by atoms with E-state index in [1.54, 1.807) is 16.4 Å². The summed E-state index contributed by atoms with van der Waals surface area (Å²) in [4.78, 5) is 12.6. The van der Waals surface area contributed by atoms with Gasteiger partial charge >= 0.3 is 6.03 Å². The summed E-state index contributed by atoms with van der Waals surface area (Å²) in [6.07, 6.45) is 9.62. The molecule has 2 N–H and O–H groups in total. The van der Waals surface area contributed by atoms with Crippen molar-refractivity contribution in [2.45, 2.75) is 69.6 Å². The normalized spacial score (nSPS) is 19.3. The molecule has 0 aromatic heterocycles. The van der Waals surface area contributed by atoms with Crippen molar-refractivity contribution >= 4 is 16.1 Å². The Kier molecular flexibility index (Phi) is 11.6. The Hall–Kier alpha value is -1.60. The van der Waals surface area contributed by atoms with E-state index in [0.717, 1.165) is 50.1 Å². The first-order valence-electron chi connectivity index (χ1n) is 10.9. The zero-order valence-electron chi connectivity index (χ0n) is 18.9.